The zero-order valence-corrected chi connectivity index (χ0v) is 12.9. The Hall–Kier alpha value is -2.48. The summed E-state index contributed by atoms with van der Waals surface area (Å²) in [6.45, 7) is -2.46. The lowest BCUT2D eigenvalue weighted by atomic mass is 10.3. The van der Waals surface area contributed by atoms with E-state index in [4.69, 9.17) is 4.74 Å². The van der Waals surface area contributed by atoms with Crippen molar-refractivity contribution in [3.63, 3.8) is 0 Å². The molecule has 1 heterocycles. The molecule has 23 heavy (non-hydrogen) atoms. The molecule has 124 valence electrons. The van der Waals surface area contributed by atoms with Gasteiger partial charge < -0.3 is 10.1 Å². The molecule has 0 unspecified atom stereocenters. The molecule has 2 rings (SSSR count). The number of halogens is 2. The molecular formula is C15H18F2N4O2. The Bertz CT molecular complexity index is 660. The van der Waals surface area contributed by atoms with Crippen molar-refractivity contribution >= 4 is 11.6 Å². The number of benzene rings is 1. The number of nitrogens with zero attached hydrogens (tertiary/aromatic N) is 3. The minimum absolute atomic E-state index is 0.0489. The van der Waals surface area contributed by atoms with Gasteiger partial charge in [-0.05, 0) is 19.2 Å². The van der Waals surface area contributed by atoms with E-state index in [2.05, 4.69) is 10.3 Å². The van der Waals surface area contributed by atoms with E-state index in [0.29, 0.717) is 11.4 Å². The second kappa shape index (κ2) is 7.68. The Morgan fingerprint density at radius 1 is 1.48 bits per heavy atom. The van der Waals surface area contributed by atoms with Crippen LogP contribution in [0.2, 0.25) is 0 Å². The Morgan fingerprint density at radius 3 is 2.96 bits per heavy atom. The van der Waals surface area contributed by atoms with Gasteiger partial charge in [0.05, 0.1) is 20.2 Å². The van der Waals surface area contributed by atoms with E-state index in [1.54, 1.807) is 43.3 Å². The number of rotatable bonds is 7. The summed E-state index contributed by atoms with van der Waals surface area (Å²) >= 11 is 0. The summed E-state index contributed by atoms with van der Waals surface area (Å²) in [4.78, 5) is 17.5. The minimum atomic E-state index is -2.65. The first-order valence-electron chi connectivity index (χ1n) is 6.92. The third kappa shape index (κ3) is 4.75. The number of hydrogen-bond donors (Lipinski definition) is 1. The molecule has 1 amide bonds. The first-order chi connectivity index (χ1) is 11.0. The molecule has 0 atom stereocenters. The number of methoxy groups -OCH3 is 1. The second-order valence-electron chi connectivity index (χ2n) is 4.98. The van der Waals surface area contributed by atoms with Crippen molar-refractivity contribution < 1.29 is 18.3 Å². The van der Waals surface area contributed by atoms with E-state index < -0.39 is 6.55 Å². The highest BCUT2D eigenvalue weighted by Crippen LogP contribution is 2.17. The zero-order chi connectivity index (χ0) is 16.8. The van der Waals surface area contributed by atoms with Crippen LogP contribution < -0.4 is 10.1 Å². The summed E-state index contributed by atoms with van der Waals surface area (Å²) in [5.74, 6) is 0.586. The smallest absolute Gasteiger partial charge is 0.319 e. The van der Waals surface area contributed by atoms with Gasteiger partial charge in [-0.3, -0.25) is 14.3 Å². The molecule has 1 aromatic carbocycles. The van der Waals surface area contributed by atoms with Gasteiger partial charge in [-0.25, -0.2) is 4.98 Å². The van der Waals surface area contributed by atoms with Gasteiger partial charge in [-0.2, -0.15) is 8.78 Å². The lowest BCUT2D eigenvalue weighted by Crippen LogP contribution is -2.30. The number of carbonyl (C=O) groups excluding carboxylic acids is 1. The average molecular weight is 324 g/mol. The van der Waals surface area contributed by atoms with Gasteiger partial charge in [-0.15, -0.1) is 0 Å². The predicted molar refractivity (Wildman–Crippen MR) is 81.4 cm³/mol. The van der Waals surface area contributed by atoms with E-state index in [0.717, 1.165) is 4.57 Å². The molecule has 6 nitrogen and oxygen atoms in total. The number of likely N-dealkylation sites (N-methyl/N-ethyl adjacent to an activating group) is 1. The van der Waals surface area contributed by atoms with Crippen molar-refractivity contribution in [3.8, 4) is 5.75 Å². The summed E-state index contributed by atoms with van der Waals surface area (Å²) < 4.78 is 31.3. The summed E-state index contributed by atoms with van der Waals surface area (Å²) in [6, 6.07) is 6.97. The highest BCUT2D eigenvalue weighted by molar-refractivity contribution is 5.92. The highest BCUT2D eigenvalue weighted by Gasteiger charge is 2.14. The number of carbonyl (C=O) groups is 1. The number of imidazole rings is 1. The molecule has 8 heteroatoms. The molecule has 1 N–H and O–H groups in total. The molecule has 0 saturated carbocycles. The van der Waals surface area contributed by atoms with E-state index in [-0.39, 0.29) is 24.8 Å². The molecule has 2 aromatic rings. The number of anilines is 1. The van der Waals surface area contributed by atoms with Crippen molar-refractivity contribution in [3.05, 3.63) is 42.5 Å². The van der Waals surface area contributed by atoms with Gasteiger partial charge in [0.1, 0.15) is 11.6 Å². The number of alkyl halides is 2. The van der Waals surface area contributed by atoms with Crippen LogP contribution >= 0.6 is 0 Å². The van der Waals surface area contributed by atoms with Crippen LogP contribution in [0.3, 0.4) is 0 Å². The Labute approximate surface area is 132 Å². The molecule has 0 bridgehead atoms. The topological polar surface area (TPSA) is 59.4 Å². The monoisotopic (exact) mass is 324 g/mol. The summed E-state index contributed by atoms with van der Waals surface area (Å²) in [5, 5.41) is 2.73. The standard InChI is InChI=1S/C15H18F2N4O2/c1-20(9-13-18-6-7-21(13)15(16)17)10-14(22)19-11-4-3-5-12(8-11)23-2/h3-8,15H,9-10H2,1-2H3,(H,19,22). The van der Waals surface area contributed by atoms with E-state index in [1.165, 1.54) is 12.4 Å². The number of aromatic nitrogens is 2. The number of nitrogens with one attached hydrogen (secondary N) is 1. The first kappa shape index (κ1) is 16.9. The van der Waals surface area contributed by atoms with Gasteiger partial charge in [0.2, 0.25) is 5.91 Å². The fraction of sp³-hybridized carbons (Fsp3) is 0.333. The Balaban J connectivity index is 1.90. The van der Waals surface area contributed by atoms with Crippen LogP contribution in [0.25, 0.3) is 0 Å². The molecule has 0 aliphatic heterocycles. The summed E-state index contributed by atoms with van der Waals surface area (Å²) in [6.07, 6.45) is 2.52. The molecule has 0 radical (unpaired) electrons. The van der Waals surface area contributed by atoms with Crippen LogP contribution in [0.4, 0.5) is 14.5 Å². The Kier molecular flexibility index (Phi) is 5.64. The van der Waals surface area contributed by atoms with E-state index in [9.17, 15) is 13.6 Å². The van der Waals surface area contributed by atoms with Gasteiger partial charge in [0.15, 0.2) is 0 Å². The fourth-order valence-electron chi connectivity index (χ4n) is 2.09. The Morgan fingerprint density at radius 2 is 2.26 bits per heavy atom. The van der Waals surface area contributed by atoms with Gasteiger partial charge in [0.25, 0.3) is 0 Å². The maximum atomic E-state index is 12.7. The number of ether oxygens (including phenoxy) is 1. The average Bonchev–Trinajstić information content (AvgIpc) is 2.95. The van der Waals surface area contributed by atoms with Crippen molar-refractivity contribution in [2.45, 2.75) is 13.1 Å². The molecular weight excluding hydrogens is 306 g/mol. The largest absolute Gasteiger partial charge is 0.497 e. The lowest BCUT2D eigenvalue weighted by molar-refractivity contribution is -0.117. The molecule has 0 fully saturated rings. The quantitative estimate of drug-likeness (QED) is 0.849. The third-order valence-corrected chi connectivity index (χ3v) is 3.14. The van der Waals surface area contributed by atoms with Gasteiger partial charge in [0, 0.05) is 24.1 Å². The molecule has 1 aromatic heterocycles. The maximum absolute atomic E-state index is 12.7. The van der Waals surface area contributed by atoms with Crippen LogP contribution in [-0.2, 0) is 11.3 Å². The van der Waals surface area contributed by atoms with Crippen molar-refractivity contribution in [2.24, 2.45) is 0 Å². The minimum Gasteiger partial charge on any atom is -0.497 e. The van der Waals surface area contributed by atoms with Crippen LogP contribution in [0.15, 0.2) is 36.7 Å². The number of hydrogen-bond acceptors (Lipinski definition) is 4. The molecule has 0 aliphatic rings. The van der Waals surface area contributed by atoms with Gasteiger partial charge >= 0.3 is 6.55 Å². The lowest BCUT2D eigenvalue weighted by Gasteiger charge is -2.17. The van der Waals surface area contributed by atoms with E-state index >= 15 is 0 Å². The highest BCUT2D eigenvalue weighted by atomic mass is 19.3. The van der Waals surface area contributed by atoms with E-state index in [1.807, 2.05) is 0 Å². The van der Waals surface area contributed by atoms with Crippen molar-refractivity contribution in [1.29, 1.82) is 0 Å². The van der Waals surface area contributed by atoms with Crippen LogP contribution in [0.5, 0.6) is 5.75 Å². The molecule has 0 aliphatic carbocycles. The van der Waals surface area contributed by atoms with Crippen molar-refractivity contribution in [1.82, 2.24) is 14.5 Å². The molecule has 0 spiro atoms. The van der Waals surface area contributed by atoms with Crippen LogP contribution in [0.1, 0.15) is 12.4 Å². The second-order valence-corrected chi connectivity index (χ2v) is 4.98. The predicted octanol–water partition coefficient (Wildman–Crippen LogP) is 2.36. The first-order valence-corrected chi connectivity index (χ1v) is 6.92. The summed E-state index contributed by atoms with van der Waals surface area (Å²) in [5.41, 5.74) is 0.608. The number of amides is 1. The fourth-order valence-corrected chi connectivity index (χ4v) is 2.09. The van der Waals surface area contributed by atoms with Gasteiger partial charge in [-0.1, -0.05) is 6.07 Å². The van der Waals surface area contributed by atoms with Crippen LogP contribution in [0, 0.1) is 0 Å². The normalized spacial score (nSPS) is 11.0. The zero-order valence-electron chi connectivity index (χ0n) is 12.9. The maximum Gasteiger partial charge on any atom is 0.319 e. The third-order valence-electron chi connectivity index (χ3n) is 3.14. The molecule has 0 saturated heterocycles. The van der Waals surface area contributed by atoms with Crippen LogP contribution in [-0.4, -0.2) is 41.1 Å². The summed E-state index contributed by atoms with van der Waals surface area (Å²) in [7, 11) is 3.20. The SMILES string of the molecule is COc1cccc(NC(=O)CN(C)Cc2nccn2C(F)F)c1. The van der Waals surface area contributed by atoms with Crippen molar-refractivity contribution in [2.75, 3.05) is 26.0 Å².